The minimum atomic E-state index is -4.56. The molecule has 1 heterocycles. The molecule has 0 aromatic heterocycles. The van der Waals surface area contributed by atoms with E-state index in [0.29, 0.717) is 0 Å². The molecule has 1 aliphatic heterocycles. The molecule has 1 unspecified atom stereocenters. The quantitative estimate of drug-likeness (QED) is 0.0378. The highest BCUT2D eigenvalue weighted by atomic mass is 32.2. The van der Waals surface area contributed by atoms with E-state index in [-0.39, 0.29) is 45.4 Å². The summed E-state index contributed by atoms with van der Waals surface area (Å²) in [6.07, 6.45) is 9.35. The van der Waals surface area contributed by atoms with Crippen LogP contribution in [0.5, 0.6) is 0 Å². The van der Waals surface area contributed by atoms with Gasteiger partial charge < -0.3 is 33.5 Å². The van der Waals surface area contributed by atoms with Crippen LogP contribution >= 0.6 is 0 Å². The standard InChI is InChI=1S/C46H66O11S/c1-2-3-4-5-6-7-8-9-10-11-12-13-23-30-42(48)52-34-40(47)35-56-46-45(55-33-39-28-21-16-22-29-39)44(54-32-38-26-19-15-20-27-38)43(41(57-46)36-58(49,50)51)53-31-37-24-17-14-18-25-37/h14-22,24-29,40-41,43-47H,2-13,23,30-36H2,1H3,(H,49,50,51)/t40?,41-,43-,44+,45-,46+/m1/s1. The third-order valence-electron chi connectivity index (χ3n) is 10.2. The first kappa shape index (κ1) is 47.5. The maximum atomic E-state index is 12.5. The molecule has 1 aliphatic rings. The highest BCUT2D eigenvalue weighted by Gasteiger charge is 2.50. The van der Waals surface area contributed by atoms with E-state index < -0.39 is 52.7 Å². The second-order valence-corrected chi connectivity index (χ2v) is 16.7. The summed E-state index contributed by atoms with van der Waals surface area (Å²) in [7, 11) is -4.56. The molecule has 2 N–H and O–H groups in total. The summed E-state index contributed by atoms with van der Waals surface area (Å²) in [5.74, 6) is -1.19. The van der Waals surface area contributed by atoms with Gasteiger partial charge in [-0.1, -0.05) is 175 Å². The number of esters is 1. The lowest BCUT2D eigenvalue weighted by molar-refractivity contribution is -0.322. The average molecular weight is 827 g/mol. The Labute approximate surface area is 346 Å². The third kappa shape index (κ3) is 19.2. The van der Waals surface area contributed by atoms with Crippen molar-refractivity contribution in [3.05, 3.63) is 108 Å². The minimum absolute atomic E-state index is 0.0996. The van der Waals surface area contributed by atoms with Crippen molar-refractivity contribution in [2.75, 3.05) is 19.0 Å². The van der Waals surface area contributed by atoms with Gasteiger partial charge in [-0.05, 0) is 23.1 Å². The molecular weight excluding hydrogens is 761 g/mol. The van der Waals surface area contributed by atoms with Crippen molar-refractivity contribution < 1.29 is 51.3 Å². The Balaban J connectivity index is 1.34. The first-order valence-electron chi connectivity index (χ1n) is 21.2. The molecule has 3 aromatic carbocycles. The molecule has 1 fully saturated rings. The van der Waals surface area contributed by atoms with Gasteiger partial charge in [0.25, 0.3) is 10.1 Å². The van der Waals surface area contributed by atoms with Crippen LogP contribution < -0.4 is 0 Å². The van der Waals surface area contributed by atoms with E-state index in [4.69, 9.17) is 28.4 Å². The predicted octanol–water partition coefficient (Wildman–Crippen LogP) is 8.76. The van der Waals surface area contributed by atoms with Crippen molar-refractivity contribution in [1.29, 1.82) is 0 Å². The Morgan fingerprint density at radius 1 is 0.603 bits per heavy atom. The number of ether oxygens (including phenoxy) is 6. The van der Waals surface area contributed by atoms with Gasteiger partial charge in [0.05, 0.1) is 26.4 Å². The largest absolute Gasteiger partial charge is 0.463 e. The molecule has 0 saturated carbocycles. The Kier molecular flexibility index (Phi) is 22.5. The maximum absolute atomic E-state index is 12.5. The SMILES string of the molecule is CCCCCCCCCCCCCCCC(=O)OCC(O)CO[C@H]1O[C@H](CS(=O)(=O)O)[C@@H](OCc2ccccc2)[C@H](OCc2ccccc2)[C@H]1OCc1ccccc1. The Hall–Kier alpha value is -3.20. The maximum Gasteiger partial charge on any atom is 0.305 e. The summed E-state index contributed by atoms with van der Waals surface area (Å²) in [6.45, 7) is 2.00. The van der Waals surface area contributed by atoms with E-state index in [1.54, 1.807) is 0 Å². The fraction of sp³-hybridized carbons (Fsp3) is 0.587. The summed E-state index contributed by atoms with van der Waals surface area (Å²) >= 11 is 0. The number of carbonyl (C=O) groups is 1. The third-order valence-corrected chi connectivity index (χ3v) is 10.9. The van der Waals surface area contributed by atoms with E-state index in [0.717, 1.165) is 36.0 Å². The highest BCUT2D eigenvalue weighted by molar-refractivity contribution is 7.85. The van der Waals surface area contributed by atoms with Crippen LogP contribution in [0.15, 0.2) is 91.0 Å². The summed E-state index contributed by atoms with van der Waals surface area (Å²) < 4.78 is 71.8. The smallest absolute Gasteiger partial charge is 0.305 e. The van der Waals surface area contributed by atoms with Crippen LogP contribution in [0.1, 0.15) is 114 Å². The van der Waals surface area contributed by atoms with Gasteiger partial charge in [0.1, 0.15) is 42.9 Å². The summed E-state index contributed by atoms with van der Waals surface area (Å²) in [6, 6.07) is 28.3. The molecular formula is C46H66O11S. The normalized spacial score (nSPS) is 20.2. The number of unbranched alkanes of at least 4 members (excludes halogenated alkanes) is 12. The van der Waals surface area contributed by atoms with Gasteiger partial charge in [0, 0.05) is 6.42 Å². The number of aliphatic hydroxyl groups excluding tert-OH is 1. The lowest BCUT2D eigenvalue weighted by Gasteiger charge is -2.45. The second kappa shape index (κ2) is 27.5. The van der Waals surface area contributed by atoms with Crippen molar-refractivity contribution in [2.24, 2.45) is 0 Å². The van der Waals surface area contributed by atoms with Crippen molar-refractivity contribution in [1.82, 2.24) is 0 Å². The zero-order valence-electron chi connectivity index (χ0n) is 34.2. The van der Waals surface area contributed by atoms with Crippen molar-refractivity contribution in [3.63, 3.8) is 0 Å². The molecule has 0 aliphatic carbocycles. The Bertz CT molecular complexity index is 1610. The number of hydrogen-bond donors (Lipinski definition) is 2. The average Bonchev–Trinajstić information content (AvgIpc) is 3.22. The summed E-state index contributed by atoms with van der Waals surface area (Å²) in [4.78, 5) is 12.5. The van der Waals surface area contributed by atoms with Crippen molar-refractivity contribution in [2.45, 2.75) is 153 Å². The molecule has 3 aromatic rings. The number of carbonyl (C=O) groups excluding carboxylic acids is 1. The van der Waals surface area contributed by atoms with E-state index in [1.807, 2.05) is 91.0 Å². The first-order chi connectivity index (χ1) is 28.2. The molecule has 4 rings (SSSR count). The monoisotopic (exact) mass is 826 g/mol. The summed E-state index contributed by atoms with van der Waals surface area (Å²) in [5, 5.41) is 10.8. The van der Waals surface area contributed by atoms with E-state index in [1.165, 1.54) is 64.2 Å². The van der Waals surface area contributed by atoms with Crippen LogP contribution in [0.2, 0.25) is 0 Å². The van der Waals surface area contributed by atoms with Crippen molar-refractivity contribution >= 4 is 16.1 Å². The van der Waals surface area contributed by atoms with Gasteiger partial charge in [-0.15, -0.1) is 0 Å². The lowest BCUT2D eigenvalue weighted by Crippen LogP contribution is -2.62. The fourth-order valence-electron chi connectivity index (χ4n) is 7.02. The molecule has 0 amide bonds. The molecule has 1 saturated heterocycles. The molecule has 6 atom stereocenters. The molecule has 0 bridgehead atoms. The van der Waals surface area contributed by atoms with E-state index in [2.05, 4.69) is 6.92 Å². The van der Waals surface area contributed by atoms with Crippen LogP contribution in [0, 0.1) is 0 Å². The Morgan fingerprint density at radius 2 is 1.03 bits per heavy atom. The molecule has 0 radical (unpaired) electrons. The van der Waals surface area contributed by atoms with Gasteiger partial charge in [0.2, 0.25) is 0 Å². The van der Waals surface area contributed by atoms with E-state index in [9.17, 15) is 22.9 Å². The number of hydrogen-bond acceptors (Lipinski definition) is 10. The van der Waals surface area contributed by atoms with Gasteiger partial charge >= 0.3 is 5.97 Å². The molecule has 12 heteroatoms. The van der Waals surface area contributed by atoms with Crippen LogP contribution in [-0.2, 0) is 63.2 Å². The fourth-order valence-corrected chi connectivity index (χ4v) is 7.71. The van der Waals surface area contributed by atoms with Crippen molar-refractivity contribution in [3.8, 4) is 0 Å². The summed E-state index contributed by atoms with van der Waals surface area (Å²) in [5.41, 5.74) is 2.56. The topological polar surface area (TPSA) is 147 Å². The number of aliphatic hydroxyl groups is 1. The number of benzene rings is 3. The molecule has 11 nitrogen and oxygen atoms in total. The zero-order valence-corrected chi connectivity index (χ0v) is 35.1. The highest BCUT2D eigenvalue weighted by Crippen LogP contribution is 2.32. The van der Waals surface area contributed by atoms with Crippen LogP contribution in [0.3, 0.4) is 0 Å². The van der Waals surface area contributed by atoms with Gasteiger partial charge in [-0.2, -0.15) is 8.42 Å². The van der Waals surface area contributed by atoms with E-state index >= 15 is 0 Å². The van der Waals surface area contributed by atoms with Gasteiger partial charge in [-0.3, -0.25) is 9.35 Å². The minimum Gasteiger partial charge on any atom is -0.463 e. The number of rotatable bonds is 30. The van der Waals surface area contributed by atoms with Crippen LogP contribution in [-0.4, -0.2) is 79.8 Å². The molecule has 322 valence electrons. The van der Waals surface area contributed by atoms with Gasteiger partial charge in [-0.25, -0.2) is 0 Å². The lowest BCUT2D eigenvalue weighted by atomic mass is 9.98. The first-order valence-corrected chi connectivity index (χ1v) is 22.8. The molecule has 0 spiro atoms. The van der Waals surface area contributed by atoms with Crippen LogP contribution in [0.4, 0.5) is 0 Å². The second-order valence-electron chi connectivity index (χ2n) is 15.2. The van der Waals surface area contributed by atoms with Crippen LogP contribution in [0.25, 0.3) is 0 Å². The predicted molar refractivity (Wildman–Crippen MR) is 223 cm³/mol. The molecule has 58 heavy (non-hydrogen) atoms. The van der Waals surface area contributed by atoms with Gasteiger partial charge in [0.15, 0.2) is 6.29 Å². The Morgan fingerprint density at radius 3 is 1.50 bits per heavy atom. The zero-order chi connectivity index (χ0) is 41.3.